The fourth-order valence-electron chi connectivity index (χ4n) is 2.89. The van der Waals surface area contributed by atoms with Gasteiger partial charge in [-0.3, -0.25) is 9.59 Å². The highest BCUT2D eigenvalue weighted by Gasteiger charge is 2.21. The molecule has 0 atom stereocenters. The summed E-state index contributed by atoms with van der Waals surface area (Å²) < 4.78 is 10.6. The van der Waals surface area contributed by atoms with Crippen LogP contribution < -0.4 is 15.0 Å². The third-order valence-corrected chi connectivity index (χ3v) is 4.11. The van der Waals surface area contributed by atoms with Crippen molar-refractivity contribution in [1.82, 2.24) is 0 Å². The molecule has 2 aromatic rings. The van der Waals surface area contributed by atoms with E-state index in [4.69, 9.17) is 9.47 Å². The molecule has 0 aliphatic carbocycles. The highest BCUT2D eigenvalue weighted by Crippen LogP contribution is 2.23. The van der Waals surface area contributed by atoms with Crippen LogP contribution in [0.1, 0.15) is 18.4 Å². The van der Waals surface area contributed by atoms with Crippen LogP contribution >= 0.6 is 0 Å². The second kappa shape index (κ2) is 8.49. The highest BCUT2D eigenvalue weighted by molar-refractivity contribution is 5.95. The summed E-state index contributed by atoms with van der Waals surface area (Å²) in [6, 6.07) is 14.7. The van der Waals surface area contributed by atoms with Gasteiger partial charge in [0.1, 0.15) is 5.75 Å². The van der Waals surface area contributed by atoms with E-state index in [9.17, 15) is 9.59 Å². The van der Waals surface area contributed by atoms with Gasteiger partial charge in [0.2, 0.25) is 5.91 Å². The van der Waals surface area contributed by atoms with Gasteiger partial charge in [0.15, 0.2) is 6.61 Å². The van der Waals surface area contributed by atoms with Crippen LogP contribution in [0.2, 0.25) is 0 Å². The number of methoxy groups -OCH3 is 1. The van der Waals surface area contributed by atoms with E-state index in [1.165, 1.54) is 0 Å². The summed E-state index contributed by atoms with van der Waals surface area (Å²) in [7, 11) is 1.63. The molecule has 1 saturated heterocycles. The number of hydrogen-bond donors (Lipinski definition) is 1. The molecule has 0 spiro atoms. The number of nitrogens with zero attached hydrogens (tertiary/aromatic N) is 1. The Balaban J connectivity index is 1.51. The molecule has 0 saturated carbocycles. The van der Waals surface area contributed by atoms with Crippen LogP contribution in [0.4, 0.5) is 11.4 Å². The van der Waals surface area contributed by atoms with E-state index in [1.54, 1.807) is 24.1 Å². The van der Waals surface area contributed by atoms with E-state index in [2.05, 4.69) is 5.32 Å². The molecule has 0 bridgehead atoms. The van der Waals surface area contributed by atoms with Gasteiger partial charge in [-0.05, 0) is 48.4 Å². The highest BCUT2D eigenvalue weighted by atomic mass is 16.5. The monoisotopic (exact) mass is 354 g/mol. The molecule has 2 amide bonds. The van der Waals surface area contributed by atoms with E-state index in [1.807, 2.05) is 36.4 Å². The quantitative estimate of drug-likeness (QED) is 0.830. The van der Waals surface area contributed by atoms with Gasteiger partial charge in [-0.1, -0.05) is 12.1 Å². The average Bonchev–Trinajstić information content (AvgIpc) is 3.07. The van der Waals surface area contributed by atoms with Gasteiger partial charge >= 0.3 is 0 Å². The molecule has 1 aliphatic rings. The smallest absolute Gasteiger partial charge is 0.262 e. The topological polar surface area (TPSA) is 67.9 Å². The van der Waals surface area contributed by atoms with E-state index in [0.29, 0.717) is 24.5 Å². The zero-order valence-corrected chi connectivity index (χ0v) is 14.7. The summed E-state index contributed by atoms with van der Waals surface area (Å²) in [6.07, 6.45) is 1.49. The number of carbonyl (C=O) groups excluding carboxylic acids is 2. The Morgan fingerprint density at radius 1 is 1.19 bits per heavy atom. The molecular weight excluding hydrogens is 332 g/mol. The van der Waals surface area contributed by atoms with Gasteiger partial charge < -0.3 is 19.7 Å². The molecule has 1 fully saturated rings. The maximum absolute atomic E-state index is 12.1. The molecular formula is C20H22N2O4. The van der Waals surface area contributed by atoms with Gasteiger partial charge in [0.05, 0.1) is 6.61 Å². The second-order valence-electron chi connectivity index (χ2n) is 6.11. The number of hydrogen-bond acceptors (Lipinski definition) is 4. The molecule has 1 N–H and O–H groups in total. The number of carbonyl (C=O) groups is 2. The van der Waals surface area contributed by atoms with E-state index in [0.717, 1.165) is 24.2 Å². The van der Waals surface area contributed by atoms with Gasteiger partial charge in [-0.25, -0.2) is 0 Å². The van der Waals surface area contributed by atoms with E-state index in [-0.39, 0.29) is 18.4 Å². The minimum absolute atomic E-state index is 0.0868. The van der Waals surface area contributed by atoms with Crippen molar-refractivity contribution in [3.05, 3.63) is 54.1 Å². The van der Waals surface area contributed by atoms with Crippen LogP contribution in [0.15, 0.2) is 48.5 Å². The summed E-state index contributed by atoms with van der Waals surface area (Å²) in [5.41, 5.74) is 2.55. The fraction of sp³-hybridized carbons (Fsp3) is 0.300. The van der Waals surface area contributed by atoms with E-state index >= 15 is 0 Å². The van der Waals surface area contributed by atoms with Crippen molar-refractivity contribution in [2.45, 2.75) is 19.4 Å². The van der Waals surface area contributed by atoms with Crippen LogP contribution in [0.5, 0.6) is 5.75 Å². The lowest BCUT2D eigenvalue weighted by atomic mass is 10.2. The minimum atomic E-state index is -0.238. The lowest BCUT2D eigenvalue weighted by Crippen LogP contribution is -2.23. The van der Waals surface area contributed by atoms with Crippen LogP contribution in [-0.4, -0.2) is 32.1 Å². The van der Waals surface area contributed by atoms with Crippen LogP contribution in [-0.2, 0) is 20.9 Å². The molecule has 0 radical (unpaired) electrons. The van der Waals surface area contributed by atoms with E-state index < -0.39 is 0 Å². The molecule has 6 nitrogen and oxygen atoms in total. The predicted molar refractivity (Wildman–Crippen MR) is 99.3 cm³/mol. The lowest BCUT2D eigenvalue weighted by molar-refractivity contribution is -0.118. The molecule has 26 heavy (non-hydrogen) atoms. The van der Waals surface area contributed by atoms with Crippen LogP contribution in [0, 0.1) is 0 Å². The van der Waals surface area contributed by atoms with Gasteiger partial charge in [0, 0.05) is 31.5 Å². The summed E-state index contributed by atoms with van der Waals surface area (Å²) >= 11 is 0. The largest absolute Gasteiger partial charge is 0.484 e. The lowest BCUT2D eigenvalue weighted by Gasteiger charge is -2.16. The SMILES string of the molecule is COCc1cccc(NC(=O)COc2ccc(N3CCCC3=O)cc2)c1. The van der Waals surface area contributed by atoms with Gasteiger partial charge in [-0.15, -0.1) is 0 Å². The Bertz CT molecular complexity index is 774. The average molecular weight is 354 g/mol. The zero-order valence-electron chi connectivity index (χ0n) is 14.7. The zero-order chi connectivity index (χ0) is 18.4. The van der Waals surface area contributed by atoms with Crippen molar-refractivity contribution in [2.24, 2.45) is 0 Å². The van der Waals surface area contributed by atoms with Crippen LogP contribution in [0.3, 0.4) is 0 Å². The Morgan fingerprint density at radius 2 is 2.00 bits per heavy atom. The fourth-order valence-corrected chi connectivity index (χ4v) is 2.89. The summed E-state index contributed by atoms with van der Waals surface area (Å²) in [5.74, 6) is 0.496. The molecule has 136 valence electrons. The Morgan fingerprint density at radius 3 is 2.69 bits per heavy atom. The first kappa shape index (κ1) is 17.9. The molecule has 3 rings (SSSR count). The minimum Gasteiger partial charge on any atom is -0.484 e. The normalized spacial score (nSPS) is 13.7. The number of benzene rings is 2. The van der Waals surface area contributed by atoms with Crippen molar-refractivity contribution in [1.29, 1.82) is 0 Å². The number of anilines is 2. The summed E-state index contributed by atoms with van der Waals surface area (Å²) in [6.45, 7) is 1.16. The molecule has 6 heteroatoms. The Kier molecular flexibility index (Phi) is 5.86. The Labute approximate surface area is 152 Å². The van der Waals surface area contributed by atoms with Crippen LogP contribution in [0.25, 0.3) is 0 Å². The second-order valence-corrected chi connectivity index (χ2v) is 6.11. The van der Waals surface area contributed by atoms with Crippen molar-refractivity contribution < 1.29 is 19.1 Å². The third kappa shape index (κ3) is 4.61. The molecule has 2 aromatic carbocycles. The van der Waals surface area contributed by atoms with Crippen molar-refractivity contribution >= 4 is 23.2 Å². The van der Waals surface area contributed by atoms with Crippen molar-refractivity contribution in [2.75, 3.05) is 30.5 Å². The van der Waals surface area contributed by atoms with Crippen molar-refractivity contribution in [3.63, 3.8) is 0 Å². The number of amides is 2. The first-order valence-electron chi connectivity index (χ1n) is 8.56. The Hall–Kier alpha value is -2.86. The maximum Gasteiger partial charge on any atom is 0.262 e. The molecule has 0 aromatic heterocycles. The standard InChI is InChI=1S/C20H22N2O4/c1-25-13-15-4-2-5-16(12-15)21-19(23)14-26-18-9-7-17(8-10-18)22-11-3-6-20(22)24/h2,4-5,7-10,12H,3,6,11,13-14H2,1H3,(H,21,23). The van der Waals surface area contributed by atoms with Gasteiger partial charge in [-0.2, -0.15) is 0 Å². The van der Waals surface area contributed by atoms with Crippen molar-refractivity contribution in [3.8, 4) is 5.75 Å². The number of ether oxygens (including phenoxy) is 2. The third-order valence-electron chi connectivity index (χ3n) is 4.11. The maximum atomic E-state index is 12.1. The summed E-state index contributed by atoms with van der Waals surface area (Å²) in [4.78, 5) is 25.6. The number of rotatable bonds is 7. The summed E-state index contributed by atoms with van der Waals surface area (Å²) in [5, 5.41) is 2.80. The predicted octanol–water partition coefficient (Wildman–Crippen LogP) is 2.98. The number of nitrogens with one attached hydrogen (secondary N) is 1. The molecule has 1 aliphatic heterocycles. The van der Waals surface area contributed by atoms with Gasteiger partial charge in [0.25, 0.3) is 5.91 Å². The first-order valence-corrected chi connectivity index (χ1v) is 8.56. The molecule has 1 heterocycles. The molecule has 0 unspecified atom stereocenters. The first-order chi connectivity index (χ1) is 12.7.